The lowest BCUT2D eigenvalue weighted by Gasteiger charge is -2.19. The number of benzene rings is 3. The summed E-state index contributed by atoms with van der Waals surface area (Å²) >= 11 is 0. The Bertz CT molecular complexity index is 1290. The van der Waals surface area contributed by atoms with Gasteiger partial charge in [-0.25, -0.2) is 8.42 Å². The molecule has 9 nitrogen and oxygen atoms in total. The SMILES string of the molecule is CC(C)(C)c1ccc([S+](c2ccccc2)c2ccccc2)cc1.O=S(=O)(O)F.O=S(=O)(O)F.O=S(=O)([O-])F. The van der Waals surface area contributed by atoms with E-state index < -0.39 is 31.5 Å². The lowest BCUT2D eigenvalue weighted by Crippen LogP contribution is -2.11. The molecule has 0 saturated heterocycles. The third kappa shape index (κ3) is 20.6. The molecule has 0 aliphatic rings. The van der Waals surface area contributed by atoms with E-state index >= 15 is 0 Å². The van der Waals surface area contributed by atoms with Crippen LogP contribution in [0.2, 0.25) is 0 Å². The highest BCUT2D eigenvalue weighted by Crippen LogP contribution is 2.32. The Morgan fingerprint density at radius 3 is 1.08 bits per heavy atom. The zero-order valence-corrected chi connectivity index (χ0v) is 23.4. The van der Waals surface area contributed by atoms with Gasteiger partial charge in [0.05, 0.1) is 10.9 Å². The lowest BCUT2D eigenvalue weighted by atomic mass is 9.87. The largest absolute Gasteiger partial charge is 0.722 e. The highest BCUT2D eigenvalue weighted by atomic mass is 32.3. The van der Waals surface area contributed by atoms with Crippen LogP contribution in [0.1, 0.15) is 26.3 Å². The van der Waals surface area contributed by atoms with Crippen molar-refractivity contribution in [2.45, 2.75) is 40.9 Å². The number of halogens is 3. The van der Waals surface area contributed by atoms with Crippen molar-refractivity contribution in [3.8, 4) is 0 Å². The van der Waals surface area contributed by atoms with E-state index in [1.54, 1.807) is 0 Å². The number of hydrogen-bond acceptors (Lipinski definition) is 7. The monoisotopic (exact) mass is 618 g/mol. The molecule has 0 aromatic heterocycles. The molecule has 0 heterocycles. The first kappa shape index (κ1) is 35.5. The van der Waals surface area contributed by atoms with Crippen LogP contribution in [-0.2, 0) is 47.8 Å². The van der Waals surface area contributed by atoms with E-state index in [1.807, 2.05) is 0 Å². The topological polar surface area (TPSA) is 166 Å². The van der Waals surface area contributed by atoms with Gasteiger partial charge in [-0.1, -0.05) is 77.1 Å². The van der Waals surface area contributed by atoms with Crippen LogP contribution < -0.4 is 0 Å². The van der Waals surface area contributed by atoms with Gasteiger partial charge in [0.2, 0.25) is 0 Å². The van der Waals surface area contributed by atoms with Gasteiger partial charge in [-0.3, -0.25) is 9.11 Å². The predicted octanol–water partition coefficient (Wildman–Crippen LogP) is 5.01. The van der Waals surface area contributed by atoms with E-state index in [1.165, 1.54) is 20.2 Å². The summed E-state index contributed by atoms with van der Waals surface area (Å²) in [6.07, 6.45) is 0. The smallest absolute Gasteiger partial charge is 0.435 e. The van der Waals surface area contributed by atoms with E-state index in [0.717, 1.165) is 0 Å². The van der Waals surface area contributed by atoms with E-state index in [2.05, 4.69) is 106 Å². The standard InChI is InChI=1S/C22H23S.3FHO3S/c1-22(2,3)18-14-16-21(17-15-18)23(19-10-6-4-7-11-19)20-12-8-5-9-13-20;3*1-5(2,3)4/h4-17H,1-3H3;3*(H,2,3,4)/q+1;;;/p-1. The Hall–Kier alpha value is -2.47. The van der Waals surface area contributed by atoms with Gasteiger partial charge in [0.15, 0.2) is 14.7 Å². The van der Waals surface area contributed by atoms with Gasteiger partial charge >= 0.3 is 21.0 Å². The first-order valence-electron chi connectivity index (χ1n) is 10.00. The summed E-state index contributed by atoms with van der Waals surface area (Å²) in [5.41, 5.74) is 1.57. The van der Waals surface area contributed by atoms with Crippen LogP contribution in [0.15, 0.2) is 99.6 Å². The van der Waals surface area contributed by atoms with Crippen molar-refractivity contribution in [2.24, 2.45) is 0 Å². The first-order valence-corrected chi connectivity index (χ1v) is 15.2. The van der Waals surface area contributed by atoms with Crippen molar-refractivity contribution in [2.75, 3.05) is 0 Å². The number of hydrogen-bond donors (Lipinski definition) is 2. The fraction of sp³-hybridized carbons (Fsp3) is 0.182. The van der Waals surface area contributed by atoms with Crippen LogP contribution >= 0.6 is 0 Å². The van der Waals surface area contributed by atoms with Gasteiger partial charge in [0.25, 0.3) is 10.5 Å². The summed E-state index contributed by atoms with van der Waals surface area (Å²) in [7, 11) is -15.8. The Morgan fingerprint density at radius 1 is 0.605 bits per heavy atom. The fourth-order valence-corrected chi connectivity index (χ4v) is 4.70. The summed E-state index contributed by atoms with van der Waals surface area (Å²) in [6, 6.07) is 30.7. The second kappa shape index (κ2) is 15.2. The normalized spacial score (nSPS) is 11.6. The summed E-state index contributed by atoms with van der Waals surface area (Å²) in [4.78, 5) is 4.10. The maximum Gasteiger partial charge on any atom is 0.435 e. The fourth-order valence-electron chi connectivity index (χ4n) is 2.61. The van der Waals surface area contributed by atoms with Gasteiger partial charge in [0.1, 0.15) is 0 Å². The molecule has 0 radical (unpaired) electrons. The Morgan fingerprint density at radius 2 is 0.842 bits per heavy atom. The van der Waals surface area contributed by atoms with Crippen LogP contribution in [-0.4, -0.2) is 38.9 Å². The minimum Gasteiger partial charge on any atom is -0.722 e. The molecule has 0 unspecified atom stereocenters. The van der Waals surface area contributed by atoms with E-state index in [-0.39, 0.29) is 16.3 Å². The minimum atomic E-state index is -5.42. The average molecular weight is 619 g/mol. The summed E-state index contributed by atoms with van der Waals surface area (Å²) in [5.74, 6) is 0. The molecule has 0 aliphatic carbocycles. The molecule has 0 aliphatic heterocycles. The summed E-state index contributed by atoms with van der Waals surface area (Å²) in [6.45, 7) is 6.78. The molecule has 0 amide bonds. The van der Waals surface area contributed by atoms with Crippen molar-refractivity contribution >= 4 is 42.4 Å². The van der Waals surface area contributed by atoms with Crippen LogP contribution in [0.4, 0.5) is 11.7 Å². The molecule has 0 bridgehead atoms. The molecule has 3 aromatic carbocycles. The van der Waals surface area contributed by atoms with E-state index in [4.69, 9.17) is 38.9 Å². The Kier molecular flexibility index (Phi) is 14.2. The second-order valence-electron chi connectivity index (χ2n) is 7.92. The third-order valence-corrected chi connectivity index (χ3v) is 6.14. The number of rotatable bonds is 3. The molecule has 0 saturated carbocycles. The van der Waals surface area contributed by atoms with Crippen molar-refractivity contribution in [3.63, 3.8) is 0 Å². The molecule has 3 rings (SSSR count). The molecule has 0 spiro atoms. The van der Waals surface area contributed by atoms with E-state index in [0.29, 0.717) is 0 Å². The van der Waals surface area contributed by atoms with Gasteiger partial charge in [0, 0.05) is 0 Å². The zero-order chi connectivity index (χ0) is 29.8. The van der Waals surface area contributed by atoms with Crippen LogP contribution in [0.5, 0.6) is 0 Å². The lowest BCUT2D eigenvalue weighted by molar-refractivity contribution is 0.416. The molecule has 212 valence electrons. The maximum absolute atomic E-state index is 10.2. The quantitative estimate of drug-likeness (QED) is 0.233. The van der Waals surface area contributed by atoms with Crippen LogP contribution in [0, 0.1) is 0 Å². The third-order valence-electron chi connectivity index (χ3n) is 3.91. The second-order valence-corrected chi connectivity index (χ2v) is 12.4. The van der Waals surface area contributed by atoms with Gasteiger partial charge in [-0.2, -0.15) is 16.8 Å². The van der Waals surface area contributed by atoms with Gasteiger partial charge in [-0.15, -0.1) is 3.89 Å². The van der Waals surface area contributed by atoms with Gasteiger partial charge in [-0.05, 0) is 47.4 Å². The summed E-state index contributed by atoms with van der Waals surface area (Å²) < 4.78 is 104. The van der Waals surface area contributed by atoms with Crippen molar-refractivity contribution < 1.29 is 50.6 Å². The molecule has 0 atom stereocenters. The zero-order valence-electron chi connectivity index (χ0n) is 20.1. The predicted molar refractivity (Wildman–Crippen MR) is 136 cm³/mol. The van der Waals surface area contributed by atoms with Crippen molar-refractivity contribution in [1.82, 2.24) is 0 Å². The van der Waals surface area contributed by atoms with E-state index in [9.17, 15) is 11.7 Å². The van der Waals surface area contributed by atoms with Crippen LogP contribution in [0.3, 0.4) is 0 Å². The Balaban J connectivity index is 0.000000751. The highest BCUT2D eigenvalue weighted by molar-refractivity contribution is 7.97. The van der Waals surface area contributed by atoms with Crippen LogP contribution in [0.25, 0.3) is 0 Å². The maximum atomic E-state index is 10.2. The minimum absolute atomic E-state index is 0.0497. The molecule has 16 heteroatoms. The Labute approximate surface area is 223 Å². The van der Waals surface area contributed by atoms with Crippen molar-refractivity contribution in [3.05, 3.63) is 90.5 Å². The molecule has 3 aromatic rings. The van der Waals surface area contributed by atoms with Gasteiger partial charge < -0.3 is 4.55 Å². The first-order chi connectivity index (χ1) is 17.1. The molecule has 2 N–H and O–H groups in total. The van der Waals surface area contributed by atoms with Crippen molar-refractivity contribution in [1.29, 1.82) is 0 Å². The molecular weight excluding hydrogens is 593 g/mol. The highest BCUT2D eigenvalue weighted by Gasteiger charge is 2.28. The summed E-state index contributed by atoms with van der Waals surface area (Å²) in [5, 5.41) is 0. The molecule has 0 fully saturated rings. The molecular formula is C22H25F3O9S4. The molecule has 38 heavy (non-hydrogen) atoms. The average Bonchev–Trinajstić information content (AvgIpc) is 2.72.